The van der Waals surface area contributed by atoms with Gasteiger partial charge in [-0.25, -0.2) is 0 Å². The summed E-state index contributed by atoms with van der Waals surface area (Å²) >= 11 is 0. The molecule has 0 spiro atoms. The number of nitrogens with zero attached hydrogens (tertiary/aromatic N) is 1. The van der Waals surface area contributed by atoms with Crippen molar-refractivity contribution in [1.82, 2.24) is 10.2 Å². The summed E-state index contributed by atoms with van der Waals surface area (Å²) in [6, 6.07) is 2.93. The predicted molar refractivity (Wildman–Crippen MR) is 71.5 cm³/mol. The fourth-order valence-corrected chi connectivity index (χ4v) is 2.26. The topological polar surface area (TPSA) is 37.6 Å². The number of aryl methyl sites for hydroxylation is 1. The zero-order valence-corrected chi connectivity index (χ0v) is 11.7. The van der Waals surface area contributed by atoms with Crippen LogP contribution in [0.5, 0.6) is 0 Å². The lowest BCUT2D eigenvalue weighted by Crippen LogP contribution is -2.29. The highest BCUT2D eigenvalue weighted by Crippen LogP contribution is 2.29. The van der Waals surface area contributed by atoms with E-state index in [0.717, 1.165) is 43.8 Å². The third-order valence-corrected chi connectivity index (χ3v) is 3.44. The molecule has 0 unspecified atom stereocenters. The van der Waals surface area contributed by atoms with Crippen molar-refractivity contribution in [2.45, 2.75) is 38.9 Å². The van der Waals surface area contributed by atoms with Gasteiger partial charge in [0.15, 0.2) is 0 Å². The van der Waals surface area contributed by atoms with Crippen LogP contribution in [0.1, 0.15) is 29.9 Å². The summed E-state index contributed by atoms with van der Waals surface area (Å²) in [5.74, 6) is 2.07. The summed E-state index contributed by atoms with van der Waals surface area (Å²) in [5, 5.41) is 3.12. The number of hydrogen-bond acceptors (Lipinski definition) is 4. The van der Waals surface area contributed by atoms with Crippen LogP contribution in [0.2, 0.25) is 0 Å². The molecule has 0 atom stereocenters. The van der Waals surface area contributed by atoms with Gasteiger partial charge in [-0.15, -0.1) is 0 Å². The highest BCUT2D eigenvalue weighted by molar-refractivity contribution is 5.21. The third kappa shape index (κ3) is 3.57. The van der Waals surface area contributed by atoms with Crippen LogP contribution in [0.3, 0.4) is 0 Å². The molecule has 1 saturated carbocycles. The molecular weight excluding hydrogens is 228 g/mol. The van der Waals surface area contributed by atoms with Crippen LogP contribution in [-0.2, 0) is 17.8 Å². The van der Waals surface area contributed by atoms with Crippen molar-refractivity contribution in [1.29, 1.82) is 0 Å². The van der Waals surface area contributed by atoms with E-state index >= 15 is 0 Å². The van der Waals surface area contributed by atoms with Crippen molar-refractivity contribution in [3.05, 3.63) is 23.2 Å². The molecule has 0 radical (unpaired) electrons. The fourth-order valence-electron chi connectivity index (χ4n) is 2.26. The van der Waals surface area contributed by atoms with Crippen LogP contribution in [0.15, 0.2) is 10.5 Å². The molecule has 0 bridgehead atoms. The van der Waals surface area contributed by atoms with E-state index in [1.807, 2.05) is 7.05 Å². The predicted octanol–water partition coefficient (Wildman–Crippen LogP) is 1.92. The lowest BCUT2D eigenvalue weighted by atomic mass is 10.2. The van der Waals surface area contributed by atoms with Crippen molar-refractivity contribution in [2.75, 3.05) is 27.3 Å². The Balaban J connectivity index is 1.96. The van der Waals surface area contributed by atoms with Gasteiger partial charge in [0.1, 0.15) is 11.5 Å². The van der Waals surface area contributed by atoms with E-state index in [1.165, 1.54) is 18.4 Å². The summed E-state index contributed by atoms with van der Waals surface area (Å²) in [6.07, 6.45) is 2.65. The number of nitrogens with one attached hydrogen (secondary N) is 1. The molecule has 1 aliphatic carbocycles. The zero-order chi connectivity index (χ0) is 13.0. The maximum atomic E-state index is 5.74. The average molecular weight is 252 g/mol. The number of hydrogen-bond donors (Lipinski definition) is 1. The Morgan fingerprint density at radius 1 is 1.50 bits per heavy atom. The van der Waals surface area contributed by atoms with Crippen molar-refractivity contribution in [3.8, 4) is 0 Å². The molecule has 1 aromatic rings. The molecule has 2 rings (SSSR count). The fraction of sp³-hybridized carbons (Fsp3) is 0.714. The summed E-state index contributed by atoms with van der Waals surface area (Å²) in [7, 11) is 3.70. The summed E-state index contributed by atoms with van der Waals surface area (Å²) < 4.78 is 10.9. The minimum atomic E-state index is 0.752. The number of methoxy groups -OCH3 is 1. The summed E-state index contributed by atoms with van der Waals surface area (Å²) in [6.45, 7) is 5.63. The smallest absolute Gasteiger partial charge is 0.118 e. The second kappa shape index (κ2) is 6.36. The van der Waals surface area contributed by atoms with E-state index in [2.05, 4.69) is 23.2 Å². The van der Waals surface area contributed by atoms with Crippen LogP contribution < -0.4 is 5.32 Å². The summed E-state index contributed by atoms with van der Waals surface area (Å²) in [4.78, 5) is 2.50. The Hall–Kier alpha value is -0.840. The molecule has 1 heterocycles. The molecular formula is C14H24N2O2. The van der Waals surface area contributed by atoms with Gasteiger partial charge < -0.3 is 14.5 Å². The summed E-state index contributed by atoms with van der Waals surface area (Å²) in [5.41, 5.74) is 1.31. The van der Waals surface area contributed by atoms with E-state index in [1.54, 1.807) is 7.11 Å². The molecule has 0 aromatic carbocycles. The zero-order valence-electron chi connectivity index (χ0n) is 11.7. The van der Waals surface area contributed by atoms with Crippen molar-refractivity contribution in [2.24, 2.45) is 0 Å². The molecule has 1 aliphatic rings. The van der Waals surface area contributed by atoms with Gasteiger partial charge in [-0.05, 0) is 32.9 Å². The normalized spacial score (nSPS) is 15.6. The Labute approximate surface area is 109 Å². The SMILES string of the molecule is CNCc1cc(CN(CCOC)C2CC2)c(C)o1. The Morgan fingerprint density at radius 3 is 2.89 bits per heavy atom. The van der Waals surface area contributed by atoms with Crippen molar-refractivity contribution >= 4 is 0 Å². The Kier molecular flexibility index (Phi) is 4.80. The van der Waals surface area contributed by atoms with Gasteiger partial charge in [-0.1, -0.05) is 0 Å². The Bertz CT molecular complexity index is 372. The largest absolute Gasteiger partial charge is 0.465 e. The van der Waals surface area contributed by atoms with Gasteiger partial charge in [0.25, 0.3) is 0 Å². The monoisotopic (exact) mass is 252 g/mol. The second-order valence-corrected chi connectivity index (χ2v) is 5.02. The average Bonchev–Trinajstić information content (AvgIpc) is 3.12. The first kappa shape index (κ1) is 13.6. The van der Waals surface area contributed by atoms with Gasteiger partial charge in [0, 0.05) is 31.8 Å². The highest BCUT2D eigenvalue weighted by Gasteiger charge is 2.29. The van der Waals surface area contributed by atoms with Gasteiger partial charge in [-0.3, -0.25) is 4.90 Å². The van der Waals surface area contributed by atoms with Crippen LogP contribution in [0.25, 0.3) is 0 Å². The molecule has 0 saturated heterocycles. The maximum Gasteiger partial charge on any atom is 0.118 e. The molecule has 1 aromatic heterocycles. The number of ether oxygens (including phenoxy) is 1. The second-order valence-electron chi connectivity index (χ2n) is 5.02. The lowest BCUT2D eigenvalue weighted by Gasteiger charge is -2.21. The van der Waals surface area contributed by atoms with Gasteiger partial charge in [0.05, 0.1) is 13.2 Å². The molecule has 1 fully saturated rings. The van der Waals surface area contributed by atoms with Gasteiger partial charge in [0.2, 0.25) is 0 Å². The minimum absolute atomic E-state index is 0.752. The Morgan fingerprint density at radius 2 is 2.28 bits per heavy atom. The van der Waals surface area contributed by atoms with Crippen LogP contribution in [0.4, 0.5) is 0 Å². The molecule has 4 nitrogen and oxygen atoms in total. The van der Waals surface area contributed by atoms with E-state index < -0.39 is 0 Å². The first-order valence-electron chi connectivity index (χ1n) is 6.70. The molecule has 102 valence electrons. The van der Waals surface area contributed by atoms with Crippen LogP contribution in [-0.4, -0.2) is 38.3 Å². The highest BCUT2D eigenvalue weighted by atomic mass is 16.5. The van der Waals surface area contributed by atoms with Crippen LogP contribution >= 0.6 is 0 Å². The first-order chi connectivity index (χ1) is 8.74. The number of rotatable bonds is 8. The number of furan rings is 1. The quantitative estimate of drug-likeness (QED) is 0.767. The van der Waals surface area contributed by atoms with E-state index in [4.69, 9.17) is 9.15 Å². The van der Waals surface area contributed by atoms with Crippen molar-refractivity contribution in [3.63, 3.8) is 0 Å². The van der Waals surface area contributed by atoms with E-state index in [0.29, 0.717) is 0 Å². The van der Waals surface area contributed by atoms with Gasteiger partial charge in [-0.2, -0.15) is 0 Å². The molecule has 1 N–H and O–H groups in total. The van der Waals surface area contributed by atoms with E-state index in [-0.39, 0.29) is 0 Å². The standard InChI is InChI=1S/C14H24N2O2/c1-11-12(8-14(18-11)9-15-2)10-16(6-7-17-3)13-4-5-13/h8,13,15H,4-7,9-10H2,1-3H3. The minimum Gasteiger partial charge on any atom is -0.465 e. The van der Waals surface area contributed by atoms with Crippen molar-refractivity contribution < 1.29 is 9.15 Å². The maximum absolute atomic E-state index is 5.74. The molecule has 0 amide bonds. The molecule has 0 aliphatic heterocycles. The van der Waals surface area contributed by atoms with Crippen LogP contribution in [0, 0.1) is 6.92 Å². The first-order valence-corrected chi connectivity index (χ1v) is 6.70. The molecule has 18 heavy (non-hydrogen) atoms. The van der Waals surface area contributed by atoms with Gasteiger partial charge >= 0.3 is 0 Å². The molecule has 4 heteroatoms. The lowest BCUT2D eigenvalue weighted by molar-refractivity contribution is 0.139. The third-order valence-electron chi connectivity index (χ3n) is 3.44. The van der Waals surface area contributed by atoms with E-state index in [9.17, 15) is 0 Å².